The Hall–Kier alpha value is -3.98. The number of aliphatic hydroxyl groups excluding tert-OH is 1. The molecule has 0 aliphatic carbocycles. The van der Waals surface area contributed by atoms with Gasteiger partial charge in [0, 0.05) is 18.9 Å². The Morgan fingerprint density at radius 2 is 2.03 bits per heavy atom. The van der Waals surface area contributed by atoms with E-state index in [0.29, 0.717) is 40.5 Å². The van der Waals surface area contributed by atoms with Gasteiger partial charge < -0.3 is 14.6 Å². The summed E-state index contributed by atoms with van der Waals surface area (Å²) in [5.41, 5.74) is 2.36. The molecule has 1 aromatic heterocycles. The molecule has 3 aromatic rings. The van der Waals surface area contributed by atoms with E-state index in [-0.39, 0.29) is 28.4 Å². The second kappa shape index (κ2) is 10.6. The lowest BCUT2D eigenvalue weighted by Gasteiger charge is -2.23. The van der Waals surface area contributed by atoms with Gasteiger partial charge in [-0.3, -0.25) is 19.3 Å². The predicted octanol–water partition coefficient (Wildman–Crippen LogP) is 5.78. The highest BCUT2D eigenvalue weighted by molar-refractivity contribution is 7.18. The first-order valence-corrected chi connectivity index (χ1v) is 13.8. The number of thiazole rings is 1. The molecule has 1 N–H and O–H groups in total. The lowest BCUT2D eigenvalue weighted by atomic mass is 9.94. The Labute approximate surface area is 230 Å². The molecule has 1 saturated heterocycles. The molecule has 0 bridgehead atoms. The van der Waals surface area contributed by atoms with E-state index in [9.17, 15) is 19.5 Å². The molecule has 1 fully saturated rings. The molecule has 8 nitrogen and oxygen atoms in total. The summed E-state index contributed by atoms with van der Waals surface area (Å²) < 4.78 is 11.7. The summed E-state index contributed by atoms with van der Waals surface area (Å²) in [5.74, 6) is -0.762. The number of Topliss-reactive ketones (excluding diaryl/α,β-unsaturated/α-hetero) is 2. The van der Waals surface area contributed by atoms with E-state index in [1.54, 1.807) is 43.3 Å². The number of amides is 1. The molecule has 3 heterocycles. The van der Waals surface area contributed by atoms with E-state index in [1.165, 1.54) is 11.8 Å². The summed E-state index contributed by atoms with van der Waals surface area (Å²) in [4.78, 5) is 45.4. The van der Waals surface area contributed by atoms with Crippen LogP contribution in [0.1, 0.15) is 71.7 Å². The maximum atomic E-state index is 13.5. The molecule has 1 amide bonds. The van der Waals surface area contributed by atoms with E-state index in [4.69, 9.17) is 9.47 Å². The minimum Gasteiger partial charge on any atom is -0.507 e. The number of carbonyl (C=O) groups is 3. The number of hydrogen-bond donors (Lipinski definition) is 1. The highest BCUT2D eigenvalue weighted by atomic mass is 32.1. The number of ketones is 2. The van der Waals surface area contributed by atoms with Gasteiger partial charge in [-0.15, -0.1) is 0 Å². The highest BCUT2D eigenvalue weighted by Crippen LogP contribution is 2.45. The summed E-state index contributed by atoms with van der Waals surface area (Å²) in [6, 6.07) is 11.4. The molecule has 0 saturated carbocycles. The number of aromatic nitrogens is 1. The molecule has 2 aliphatic rings. The highest BCUT2D eigenvalue weighted by Gasteiger charge is 2.48. The van der Waals surface area contributed by atoms with Gasteiger partial charge in [0.2, 0.25) is 0 Å². The van der Waals surface area contributed by atoms with E-state index >= 15 is 0 Å². The molecular formula is C30H30N2O6S. The van der Waals surface area contributed by atoms with Crippen LogP contribution in [0.4, 0.5) is 5.13 Å². The van der Waals surface area contributed by atoms with Crippen LogP contribution in [0, 0.1) is 6.92 Å². The first kappa shape index (κ1) is 26.6. The van der Waals surface area contributed by atoms with Crippen molar-refractivity contribution in [1.82, 2.24) is 4.98 Å². The third kappa shape index (κ3) is 4.94. The summed E-state index contributed by atoms with van der Waals surface area (Å²) in [6.07, 6.45) is 2.56. The molecule has 2 unspecified atom stereocenters. The normalized spacial score (nSPS) is 19.7. The van der Waals surface area contributed by atoms with E-state index in [1.807, 2.05) is 13.0 Å². The molecule has 202 valence electrons. The summed E-state index contributed by atoms with van der Waals surface area (Å²) in [6.45, 7) is 7.70. The number of hydrogen-bond acceptors (Lipinski definition) is 8. The lowest BCUT2D eigenvalue weighted by molar-refractivity contribution is -0.132. The van der Waals surface area contributed by atoms with Gasteiger partial charge in [0.15, 0.2) is 10.9 Å². The number of carbonyl (C=O) groups excluding carboxylic acids is 3. The fourth-order valence-electron chi connectivity index (χ4n) is 4.99. The van der Waals surface area contributed by atoms with E-state index in [0.717, 1.165) is 35.5 Å². The monoisotopic (exact) mass is 546 g/mol. The number of nitrogens with zero attached hydrogens (tertiary/aromatic N) is 2. The molecule has 0 spiro atoms. The van der Waals surface area contributed by atoms with Crippen molar-refractivity contribution in [3.63, 3.8) is 0 Å². The van der Waals surface area contributed by atoms with E-state index in [2.05, 4.69) is 11.9 Å². The molecule has 0 radical (unpaired) electrons. The zero-order chi connectivity index (χ0) is 27.8. The standard InChI is InChI=1S/C30H30N2O6S/c1-5-6-12-37-22-9-7-8-19(15-22)25-24(26(34)20-10-11-23-21(14-20)13-16(2)38-23)27(35)29(36)32(25)30-31-17(3)28(39-30)18(4)33/h7-11,14-16,25,34H,5-6,12-13H2,1-4H3/b26-24+. The average molecular weight is 547 g/mol. The van der Waals surface area contributed by atoms with Crippen molar-refractivity contribution < 1.29 is 29.0 Å². The van der Waals surface area contributed by atoms with Gasteiger partial charge >= 0.3 is 5.91 Å². The number of rotatable bonds is 8. The number of aryl methyl sites for hydroxylation is 1. The second-order valence-corrected chi connectivity index (χ2v) is 10.8. The van der Waals surface area contributed by atoms with Gasteiger partial charge in [-0.2, -0.15) is 0 Å². The second-order valence-electron chi connectivity index (χ2n) is 9.87. The Bertz CT molecular complexity index is 1510. The van der Waals surface area contributed by atoms with Crippen molar-refractivity contribution in [1.29, 1.82) is 0 Å². The van der Waals surface area contributed by atoms with Gasteiger partial charge in [-0.1, -0.05) is 36.8 Å². The van der Waals surface area contributed by atoms with Crippen molar-refractivity contribution in [3.05, 3.63) is 75.3 Å². The smallest absolute Gasteiger partial charge is 0.301 e. The quantitative estimate of drug-likeness (QED) is 0.125. The SMILES string of the molecule is CCCCOc1cccc(C2/C(=C(\O)c3ccc4c(c3)CC(C)O4)C(=O)C(=O)N2c2nc(C)c(C(C)=O)s2)c1. The minimum atomic E-state index is -0.964. The average Bonchev–Trinajstić information content (AvgIpc) is 3.56. The maximum absolute atomic E-state index is 13.5. The molecule has 39 heavy (non-hydrogen) atoms. The van der Waals surface area contributed by atoms with Crippen LogP contribution in [0.2, 0.25) is 0 Å². The summed E-state index contributed by atoms with van der Waals surface area (Å²) in [7, 11) is 0. The largest absolute Gasteiger partial charge is 0.507 e. The number of benzene rings is 2. The summed E-state index contributed by atoms with van der Waals surface area (Å²) >= 11 is 1.06. The fraction of sp³-hybridized carbons (Fsp3) is 0.333. The number of aliphatic hydroxyl groups is 1. The molecule has 2 aromatic carbocycles. The van der Waals surface area contributed by atoms with Crippen molar-refractivity contribution in [3.8, 4) is 11.5 Å². The Morgan fingerprint density at radius 3 is 2.74 bits per heavy atom. The molecule has 9 heteroatoms. The first-order valence-electron chi connectivity index (χ1n) is 13.0. The van der Waals surface area contributed by atoms with E-state index < -0.39 is 17.7 Å². The minimum absolute atomic E-state index is 0.0158. The van der Waals surface area contributed by atoms with Crippen LogP contribution in [0.25, 0.3) is 5.76 Å². The number of ether oxygens (including phenoxy) is 2. The van der Waals surface area contributed by atoms with Crippen molar-refractivity contribution in [2.24, 2.45) is 0 Å². The van der Waals surface area contributed by atoms with Crippen LogP contribution in [0.5, 0.6) is 11.5 Å². The van der Waals surface area contributed by atoms with Gasteiger partial charge in [-0.05, 0) is 61.7 Å². The molecular weight excluding hydrogens is 516 g/mol. The topological polar surface area (TPSA) is 106 Å². The van der Waals surface area contributed by atoms with Crippen LogP contribution < -0.4 is 14.4 Å². The van der Waals surface area contributed by atoms with Crippen LogP contribution in [0.3, 0.4) is 0 Å². The maximum Gasteiger partial charge on any atom is 0.301 e. The number of fused-ring (bicyclic) bond motifs is 1. The van der Waals surface area contributed by atoms with Crippen LogP contribution in [0.15, 0.2) is 48.0 Å². The number of anilines is 1. The van der Waals surface area contributed by atoms with Gasteiger partial charge in [0.1, 0.15) is 23.4 Å². The molecule has 2 atom stereocenters. The Kier molecular flexibility index (Phi) is 7.27. The molecule has 5 rings (SSSR count). The molecule has 2 aliphatic heterocycles. The Morgan fingerprint density at radius 1 is 1.23 bits per heavy atom. The first-order chi connectivity index (χ1) is 18.7. The number of unbranched alkanes of at least 4 members (excludes halogenated alkanes) is 1. The van der Waals surface area contributed by atoms with Crippen LogP contribution in [-0.2, 0) is 16.0 Å². The zero-order valence-electron chi connectivity index (χ0n) is 22.3. The van der Waals surface area contributed by atoms with Crippen molar-refractivity contribution >= 4 is 39.7 Å². The Balaban J connectivity index is 1.66. The third-order valence-corrected chi connectivity index (χ3v) is 8.12. The fourth-order valence-corrected chi connectivity index (χ4v) is 5.98. The van der Waals surface area contributed by atoms with Crippen molar-refractivity contribution in [2.75, 3.05) is 11.5 Å². The van der Waals surface area contributed by atoms with Gasteiger partial charge in [0.05, 0.1) is 28.8 Å². The lowest BCUT2D eigenvalue weighted by Crippen LogP contribution is -2.29. The van der Waals surface area contributed by atoms with Crippen LogP contribution in [-0.4, -0.2) is 40.3 Å². The predicted molar refractivity (Wildman–Crippen MR) is 149 cm³/mol. The zero-order valence-corrected chi connectivity index (χ0v) is 23.1. The van der Waals surface area contributed by atoms with Crippen LogP contribution >= 0.6 is 11.3 Å². The summed E-state index contributed by atoms with van der Waals surface area (Å²) in [5, 5.41) is 11.7. The third-order valence-electron chi connectivity index (χ3n) is 6.87. The van der Waals surface area contributed by atoms with Crippen molar-refractivity contribution in [2.45, 2.75) is 59.1 Å². The van der Waals surface area contributed by atoms with Gasteiger partial charge in [-0.25, -0.2) is 4.98 Å². The van der Waals surface area contributed by atoms with Gasteiger partial charge in [0.25, 0.3) is 5.78 Å².